The number of para-hydroxylation sites is 1. The van der Waals surface area contributed by atoms with Gasteiger partial charge in [-0.25, -0.2) is 4.79 Å². The highest BCUT2D eigenvalue weighted by molar-refractivity contribution is 5.80. The first kappa shape index (κ1) is 11.4. The van der Waals surface area contributed by atoms with E-state index in [1.807, 2.05) is 6.07 Å². The van der Waals surface area contributed by atoms with Crippen LogP contribution in [-0.2, 0) is 4.79 Å². The van der Waals surface area contributed by atoms with Crippen LogP contribution in [0.1, 0.15) is 12.0 Å². The van der Waals surface area contributed by atoms with E-state index in [0.717, 1.165) is 0 Å². The van der Waals surface area contributed by atoms with E-state index in [0.29, 0.717) is 11.3 Å². The molecule has 0 aromatic heterocycles. The van der Waals surface area contributed by atoms with Gasteiger partial charge in [-0.15, -0.1) is 0 Å². The molecule has 2 rings (SSSR count). The Morgan fingerprint density at radius 1 is 1.47 bits per heavy atom. The molecule has 0 radical (unpaired) electrons. The van der Waals surface area contributed by atoms with Gasteiger partial charge in [-0.2, -0.15) is 5.26 Å². The highest BCUT2D eigenvalue weighted by atomic mass is 16.4. The average molecular weight is 232 g/mol. The fraction of sp³-hybridized carbons (Fsp3) is 0.333. The summed E-state index contributed by atoms with van der Waals surface area (Å²) in [5.74, 6) is -0.978. The lowest BCUT2D eigenvalue weighted by Gasteiger charge is -2.24. The van der Waals surface area contributed by atoms with Crippen molar-refractivity contribution in [3.8, 4) is 6.07 Å². The molecule has 1 fully saturated rings. The molecular formula is C12H12N2O3. The third-order valence-corrected chi connectivity index (χ3v) is 2.90. The molecule has 88 valence electrons. The predicted molar refractivity (Wildman–Crippen MR) is 60.6 cm³/mol. The van der Waals surface area contributed by atoms with Crippen molar-refractivity contribution in [2.24, 2.45) is 0 Å². The first-order valence-corrected chi connectivity index (χ1v) is 5.30. The molecule has 0 saturated carbocycles. The van der Waals surface area contributed by atoms with Crippen LogP contribution in [0.3, 0.4) is 0 Å². The number of anilines is 1. The molecule has 17 heavy (non-hydrogen) atoms. The maximum absolute atomic E-state index is 11.1. The fourth-order valence-electron chi connectivity index (χ4n) is 2.13. The Balaban J connectivity index is 2.39. The maximum atomic E-state index is 11.1. The molecule has 2 atom stereocenters. The lowest BCUT2D eigenvalue weighted by molar-refractivity contribution is -0.138. The molecule has 5 nitrogen and oxygen atoms in total. The third kappa shape index (κ3) is 2.08. The number of hydrogen-bond donors (Lipinski definition) is 2. The van der Waals surface area contributed by atoms with Gasteiger partial charge in [0.15, 0.2) is 0 Å². The van der Waals surface area contributed by atoms with E-state index in [1.165, 1.54) is 0 Å². The standard InChI is InChI=1S/C12H12N2O3/c13-6-8-3-1-2-4-10(8)14-7-9(15)5-11(14)12(16)17/h1-4,9,11,15H,5,7H2,(H,16,17). The van der Waals surface area contributed by atoms with Gasteiger partial charge in [0.2, 0.25) is 0 Å². The summed E-state index contributed by atoms with van der Waals surface area (Å²) < 4.78 is 0. The summed E-state index contributed by atoms with van der Waals surface area (Å²) in [6.45, 7) is 0.246. The molecule has 0 aliphatic carbocycles. The molecular weight excluding hydrogens is 220 g/mol. The number of nitriles is 1. The van der Waals surface area contributed by atoms with Gasteiger partial charge in [0.25, 0.3) is 0 Å². The molecule has 0 bridgehead atoms. The van der Waals surface area contributed by atoms with E-state index in [4.69, 9.17) is 10.4 Å². The van der Waals surface area contributed by atoms with Gasteiger partial charge >= 0.3 is 5.97 Å². The molecule has 0 spiro atoms. The fourth-order valence-corrected chi connectivity index (χ4v) is 2.13. The minimum Gasteiger partial charge on any atom is -0.480 e. The van der Waals surface area contributed by atoms with E-state index in [-0.39, 0.29) is 13.0 Å². The highest BCUT2D eigenvalue weighted by Crippen LogP contribution is 2.28. The van der Waals surface area contributed by atoms with Crippen molar-refractivity contribution in [3.05, 3.63) is 29.8 Å². The molecule has 2 unspecified atom stereocenters. The van der Waals surface area contributed by atoms with E-state index in [1.54, 1.807) is 29.2 Å². The zero-order chi connectivity index (χ0) is 12.4. The molecule has 1 aromatic carbocycles. The quantitative estimate of drug-likeness (QED) is 0.779. The number of carboxylic acid groups (broad SMARTS) is 1. The molecule has 1 aliphatic rings. The maximum Gasteiger partial charge on any atom is 0.326 e. The molecule has 1 saturated heterocycles. The second-order valence-corrected chi connectivity index (χ2v) is 4.02. The molecule has 1 heterocycles. The van der Waals surface area contributed by atoms with Crippen molar-refractivity contribution in [2.45, 2.75) is 18.6 Å². The van der Waals surface area contributed by atoms with Crippen LogP contribution in [0.2, 0.25) is 0 Å². The number of nitrogens with zero attached hydrogens (tertiary/aromatic N) is 2. The van der Waals surface area contributed by atoms with Crippen molar-refractivity contribution >= 4 is 11.7 Å². The van der Waals surface area contributed by atoms with Crippen LogP contribution >= 0.6 is 0 Å². The summed E-state index contributed by atoms with van der Waals surface area (Å²) in [4.78, 5) is 12.7. The third-order valence-electron chi connectivity index (χ3n) is 2.90. The topological polar surface area (TPSA) is 84.6 Å². The molecule has 2 N–H and O–H groups in total. The number of hydrogen-bond acceptors (Lipinski definition) is 4. The highest BCUT2D eigenvalue weighted by Gasteiger charge is 2.36. The first-order chi connectivity index (χ1) is 8.13. The van der Waals surface area contributed by atoms with Crippen molar-refractivity contribution in [1.82, 2.24) is 0 Å². The molecule has 1 aliphatic heterocycles. The lowest BCUT2D eigenvalue weighted by atomic mass is 10.1. The number of aliphatic hydroxyl groups is 1. The number of aliphatic carboxylic acids is 1. The number of aliphatic hydroxyl groups excluding tert-OH is 1. The van der Waals surface area contributed by atoms with Gasteiger partial charge < -0.3 is 15.1 Å². The minimum atomic E-state index is -0.978. The predicted octanol–water partition coefficient (Wildman–Crippen LogP) is 0.582. The average Bonchev–Trinajstić information content (AvgIpc) is 2.71. The van der Waals surface area contributed by atoms with Crippen LogP contribution in [0.5, 0.6) is 0 Å². The zero-order valence-electron chi connectivity index (χ0n) is 9.08. The SMILES string of the molecule is N#Cc1ccccc1N1CC(O)CC1C(=O)O. The Morgan fingerprint density at radius 2 is 2.18 bits per heavy atom. The van der Waals surface area contributed by atoms with E-state index >= 15 is 0 Å². The second-order valence-electron chi connectivity index (χ2n) is 4.02. The normalized spacial score (nSPS) is 23.4. The Kier molecular flexibility index (Phi) is 2.98. The molecule has 5 heteroatoms. The van der Waals surface area contributed by atoms with Gasteiger partial charge in [-0.1, -0.05) is 12.1 Å². The second kappa shape index (κ2) is 4.44. The Labute approximate surface area is 98.5 Å². The smallest absolute Gasteiger partial charge is 0.326 e. The number of benzene rings is 1. The van der Waals surface area contributed by atoms with Crippen LogP contribution in [-0.4, -0.2) is 34.9 Å². The number of rotatable bonds is 2. The first-order valence-electron chi connectivity index (χ1n) is 5.30. The largest absolute Gasteiger partial charge is 0.480 e. The van der Waals surface area contributed by atoms with Crippen LogP contribution in [0.25, 0.3) is 0 Å². The van der Waals surface area contributed by atoms with Gasteiger partial charge in [0.05, 0.1) is 17.4 Å². The van der Waals surface area contributed by atoms with Gasteiger partial charge in [-0.3, -0.25) is 0 Å². The molecule has 1 aromatic rings. The van der Waals surface area contributed by atoms with Crippen LogP contribution in [0, 0.1) is 11.3 Å². The Hall–Kier alpha value is -2.06. The number of β-amino-alcohol motifs (C(OH)–C–C–N with tert-alkyl or cyclic N) is 1. The van der Waals surface area contributed by atoms with Crippen LogP contribution in [0.4, 0.5) is 5.69 Å². The van der Waals surface area contributed by atoms with Crippen molar-refractivity contribution in [3.63, 3.8) is 0 Å². The molecule has 0 amide bonds. The van der Waals surface area contributed by atoms with Gasteiger partial charge in [0, 0.05) is 13.0 Å². The van der Waals surface area contributed by atoms with Crippen molar-refractivity contribution < 1.29 is 15.0 Å². The van der Waals surface area contributed by atoms with Crippen molar-refractivity contribution in [2.75, 3.05) is 11.4 Å². The van der Waals surface area contributed by atoms with Crippen LogP contribution in [0.15, 0.2) is 24.3 Å². The summed E-state index contributed by atoms with van der Waals surface area (Å²) in [5, 5.41) is 27.6. The van der Waals surface area contributed by atoms with Crippen molar-refractivity contribution in [1.29, 1.82) is 5.26 Å². The van der Waals surface area contributed by atoms with E-state index in [9.17, 15) is 9.90 Å². The monoisotopic (exact) mass is 232 g/mol. The summed E-state index contributed by atoms with van der Waals surface area (Å²) in [5.41, 5.74) is 0.992. The van der Waals surface area contributed by atoms with Gasteiger partial charge in [0.1, 0.15) is 12.1 Å². The van der Waals surface area contributed by atoms with E-state index < -0.39 is 18.1 Å². The number of carboxylic acids is 1. The minimum absolute atomic E-state index is 0.190. The Morgan fingerprint density at radius 3 is 2.82 bits per heavy atom. The lowest BCUT2D eigenvalue weighted by Crippen LogP contribution is -2.36. The van der Waals surface area contributed by atoms with Crippen LogP contribution < -0.4 is 4.90 Å². The number of carbonyl (C=O) groups is 1. The summed E-state index contributed by atoms with van der Waals surface area (Å²) in [6.07, 6.45) is -0.474. The van der Waals surface area contributed by atoms with Gasteiger partial charge in [-0.05, 0) is 12.1 Å². The zero-order valence-corrected chi connectivity index (χ0v) is 9.08. The summed E-state index contributed by atoms with van der Waals surface area (Å²) >= 11 is 0. The summed E-state index contributed by atoms with van der Waals surface area (Å²) in [7, 11) is 0. The Bertz CT molecular complexity index is 481. The van der Waals surface area contributed by atoms with E-state index in [2.05, 4.69) is 0 Å². The summed E-state index contributed by atoms with van der Waals surface area (Å²) in [6, 6.07) is 8.08.